The minimum absolute atomic E-state index is 0.0544. The van der Waals surface area contributed by atoms with E-state index in [1.165, 1.54) is 0 Å². The second-order valence-corrected chi connectivity index (χ2v) is 6.45. The number of carbonyl (C=O) groups excluding carboxylic acids is 1. The molecule has 0 fully saturated rings. The molecule has 0 aliphatic heterocycles. The first-order chi connectivity index (χ1) is 10.7. The van der Waals surface area contributed by atoms with Crippen molar-refractivity contribution in [2.45, 2.75) is 18.8 Å². The summed E-state index contributed by atoms with van der Waals surface area (Å²) in [7, 11) is 0. The van der Waals surface area contributed by atoms with Crippen molar-refractivity contribution in [1.29, 1.82) is 0 Å². The molecule has 1 aromatic carbocycles. The number of hydrogen-bond acceptors (Lipinski definition) is 4. The Morgan fingerprint density at radius 1 is 1.18 bits per heavy atom. The van der Waals surface area contributed by atoms with E-state index < -0.39 is 0 Å². The molecule has 4 nitrogen and oxygen atoms in total. The van der Waals surface area contributed by atoms with Gasteiger partial charge in [0.2, 0.25) is 0 Å². The van der Waals surface area contributed by atoms with E-state index in [0.29, 0.717) is 24.2 Å². The van der Waals surface area contributed by atoms with Gasteiger partial charge < -0.3 is 10.1 Å². The van der Waals surface area contributed by atoms with Crippen LogP contribution in [-0.4, -0.2) is 20.9 Å². The molecule has 2 heterocycles. The molecule has 0 saturated heterocycles. The van der Waals surface area contributed by atoms with Crippen molar-refractivity contribution in [3.63, 3.8) is 0 Å². The lowest BCUT2D eigenvalue weighted by atomic mass is 9.86. The van der Waals surface area contributed by atoms with Crippen molar-refractivity contribution in [2.24, 2.45) is 0 Å². The normalized spacial score (nSPS) is 19.1. The fourth-order valence-electron chi connectivity index (χ4n) is 2.96. The molecule has 0 radical (unpaired) electrons. The number of nitrogens with zero attached hydrogens (tertiary/aromatic N) is 1. The molecule has 0 spiro atoms. The number of Topliss-reactive ketones (excluding diaryl/α,β-unsaturated/α-hetero) is 1. The predicted octanol–water partition coefficient (Wildman–Crippen LogP) is 4.04. The van der Waals surface area contributed by atoms with E-state index in [0.717, 1.165) is 15.9 Å². The van der Waals surface area contributed by atoms with Gasteiger partial charge in [0, 0.05) is 23.6 Å². The van der Waals surface area contributed by atoms with Crippen LogP contribution in [0.2, 0.25) is 0 Å². The summed E-state index contributed by atoms with van der Waals surface area (Å²) in [6.07, 6.45) is 0.898. The first-order valence-electron chi connectivity index (χ1n) is 7.16. The molecule has 1 unspecified atom stereocenters. The van der Waals surface area contributed by atoms with Gasteiger partial charge in [-0.05, 0) is 23.6 Å². The van der Waals surface area contributed by atoms with Gasteiger partial charge in [-0.3, -0.25) is 4.79 Å². The van der Waals surface area contributed by atoms with Crippen LogP contribution in [0.5, 0.6) is 0 Å². The van der Waals surface area contributed by atoms with Crippen LogP contribution in [0.3, 0.4) is 0 Å². The van der Waals surface area contributed by atoms with Crippen molar-refractivity contribution < 1.29 is 9.90 Å². The maximum absolute atomic E-state index is 12.5. The van der Waals surface area contributed by atoms with Gasteiger partial charge in [0.25, 0.3) is 0 Å². The number of carbonyl (C=O) groups is 1. The maximum atomic E-state index is 12.5. The van der Waals surface area contributed by atoms with Gasteiger partial charge in [0.15, 0.2) is 5.78 Å². The lowest BCUT2D eigenvalue weighted by molar-refractivity contribution is -0.114. The summed E-state index contributed by atoms with van der Waals surface area (Å²) in [5.74, 6) is 0.615. The zero-order chi connectivity index (χ0) is 15.1. The van der Waals surface area contributed by atoms with Crippen LogP contribution >= 0.6 is 11.3 Å². The third-order valence-electron chi connectivity index (χ3n) is 4.01. The standard InChI is InChI=1S/C17H14N2O2S/c20-13-8-10(15-6-3-7-22-15)9-14(21)16(13)17-18-11-4-1-2-5-12(11)19-17/h1-7,10,20H,8-9H2,(H,18,19). The molecular formula is C17H14N2O2S. The van der Waals surface area contributed by atoms with Crippen LogP contribution in [0.25, 0.3) is 16.6 Å². The number of benzene rings is 1. The fraction of sp³-hybridized carbons (Fsp3) is 0.176. The van der Waals surface area contributed by atoms with Crippen molar-refractivity contribution in [3.05, 3.63) is 58.2 Å². The number of hydrogen-bond donors (Lipinski definition) is 2. The van der Waals surface area contributed by atoms with Crippen LogP contribution in [0.4, 0.5) is 0 Å². The van der Waals surface area contributed by atoms with E-state index in [2.05, 4.69) is 9.97 Å². The summed E-state index contributed by atoms with van der Waals surface area (Å²) in [6, 6.07) is 11.6. The first kappa shape index (κ1) is 13.3. The molecule has 0 bridgehead atoms. The molecule has 22 heavy (non-hydrogen) atoms. The SMILES string of the molecule is O=C1CC(c2cccs2)CC(O)=C1c1nc2ccccc2[nH]1. The Labute approximate surface area is 131 Å². The van der Waals surface area contributed by atoms with E-state index in [1.54, 1.807) is 11.3 Å². The number of para-hydroxylation sites is 2. The highest BCUT2D eigenvalue weighted by Crippen LogP contribution is 2.38. The summed E-state index contributed by atoms with van der Waals surface area (Å²) in [5, 5.41) is 12.4. The van der Waals surface area contributed by atoms with Gasteiger partial charge in [0.1, 0.15) is 11.6 Å². The quantitative estimate of drug-likeness (QED) is 0.750. The van der Waals surface area contributed by atoms with E-state index >= 15 is 0 Å². The first-order valence-corrected chi connectivity index (χ1v) is 8.04. The molecule has 2 aromatic heterocycles. The maximum Gasteiger partial charge on any atom is 0.170 e. The van der Waals surface area contributed by atoms with Gasteiger partial charge in [0.05, 0.1) is 16.6 Å². The Bertz CT molecular complexity index is 844. The number of aliphatic hydroxyl groups excluding tert-OH is 1. The van der Waals surface area contributed by atoms with Gasteiger partial charge in [-0.1, -0.05) is 18.2 Å². The van der Waals surface area contributed by atoms with Gasteiger partial charge in [-0.15, -0.1) is 11.3 Å². The second kappa shape index (κ2) is 5.10. The van der Waals surface area contributed by atoms with Crippen LogP contribution in [0, 0.1) is 0 Å². The van der Waals surface area contributed by atoms with Gasteiger partial charge >= 0.3 is 0 Å². The molecule has 1 atom stereocenters. The van der Waals surface area contributed by atoms with Crippen molar-refractivity contribution >= 4 is 33.7 Å². The Morgan fingerprint density at radius 3 is 2.77 bits per heavy atom. The summed E-state index contributed by atoms with van der Waals surface area (Å²) in [6.45, 7) is 0. The second-order valence-electron chi connectivity index (χ2n) is 5.47. The minimum Gasteiger partial charge on any atom is -0.511 e. The molecular weight excluding hydrogens is 296 g/mol. The summed E-state index contributed by atoms with van der Waals surface area (Å²) < 4.78 is 0. The molecule has 0 amide bonds. The molecule has 3 aromatic rings. The number of rotatable bonds is 2. The lowest BCUT2D eigenvalue weighted by Gasteiger charge is -2.21. The topological polar surface area (TPSA) is 66.0 Å². The van der Waals surface area contributed by atoms with Crippen LogP contribution < -0.4 is 0 Å². The third kappa shape index (κ3) is 2.14. The number of fused-ring (bicyclic) bond motifs is 1. The van der Waals surface area contributed by atoms with Gasteiger partial charge in [-0.2, -0.15) is 0 Å². The fourth-order valence-corrected chi connectivity index (χ4v) is 3.79. The average Bonchev–Trinajstić information content (AvgIpc) is 3.16. The van der Waals surface area contributed by atoms with Crippen LogP contribution in [0.1, 0.15) is 29.5 Å². The smallest absolute Gasteiger partial charge is 0.170 e. The Hall–Kier alpha value is -2.40. The zero-order valence-corrected chi connectivity index (χ0v) is 12.6. The van der Waals surface area contributed by atoms with E-state index in [-0.39, 0.29) is 17.5 Å². The van der Waals surface area contributed by atoms with Crippen LogP contribution in [0.15, 0.2) is 47.5 Å². The summed E-state index contributed by atoms with van der Waals surface area (Å²) in [4.78, 5) is 21.2. The number of allylic oxidation sites excluding steroid dienone is 2. The van der Waals surface area contributed by atoms with E-state index in [4.69, 9.17) is 0 Å². The number of aliphatic hydroxyl groups is 1. The Kier molecular flexibility index (Phi) is 3.08. The third-order valence-corrected chi connectivity index (χ3v) is 5.05. The average molecular weight is 310 g/mol. The molecule has 1 aliphatic rings. The Balaban J connectivity index is 1.74. The zero-order valence-electron chi connectivity index (χ0n) is 11.7. The highest BCUT2D eigenvalue weighted by molar-refractivity contribution is 7.10. The molecule has 2 N–H and O–H groups in total. The highest BCUT2D eigenvalue weighted by Gasteiger charge is 2.31. The van der Waals surface area contributed by atoms with E-state index in [9.17, 15) is 9.90 Å². The van der Waals surface area contributed by atoms with Crippen LogP contribution in [-0.2, 0) is 4.79 Å². The molecule has 4 rings (SSSR count). The minimum atomic E-state index is -0.0544. The Morgan fingerprint density at radius 2 is 2.05 bits per heavy atom. The molecule has 110 valence electrons. The monoisotopic (exact) mass is 310 g/mol. The van der Waals surface area contributed by atoms with Gasteiger partial charge in [-0.25, -0.2) is 4.98 Å². The largest absolute Gasteiger partial charge is 0.511 e. The summed E-state index contributed by atoms with van der Waals surface area (Å²) >= 11 is 1.63. The van der Waals surface area contributed by atoms with Crippen molar-refractivity contribution in [3.8, 4) is 0 Å². The number of aromatic nitrogens is 2. The number of H-pyrrole nitrogens is 1. The van der Waals surface area contributed by atoms with Crippen molar-refractivity contribution in [1.82, 2.24) is 9.97 Å². The molecule has 1 aliphatic carbocycles. The number of ketones is 1. The van der Waals surface area contributed by atoms with E-state index in [1.807, 2.05) is 41.8 Å². The molecule has 0 saturated carbocycles. The predicted molar refractivity (Wildman–Crippen MR) is 86.9 cm³/mol. The number of imidazole rings is 1. The number of aromatic amines is 1. The molecule has 5 heteroatoms. The number of nitrogens with one attached hydrogen (secondary N) is 1. The van der Waals surface area contributed by atoms with Crippen molar-refractivity contribution in [2.75, 3.05) is 0 Å². The lowest BCUT2D eigenvalue weighted by Crippen LogP contribution is -2.17. The highest BCUT2D eigenvalue weighted by atomic mass is 32.1. The number of thiophene rings is 1. The summed E-state index contributed by atoms with van der Waals surface area (Å²) in [5.41, 5.74) is 2.00.